The van der Waals surface area contributed by atoms with Crippen molar-refractivity contribution < 1.29 is 9.59 Å². The predicted octanol–water partition coefficient (Wildman–Crippen LogP) is 2.57. The summed E-state index contributed by atoms with van der Waals surface area (Å²) in [5, 5.41) is 2.99. The molecular formula is C25H19N5O3. The first kappa shape index (κ1) is 19.4. The molecule has 8 heteroatoms. The molecule has 5 heterocycles. The lowest BCUT2D eigenvalue weighted by atomic mass is 9.73. The highest BCUT2D eigenvalue weighted by Crippen LogP contribution is 2.54. The smallest absolute Gasteiger partial charge is 0.270 e. The van der Waals surface area contributed by atoms with Gasteiger partial charge in [-0.3, -0.25) is 23.8 Å². The topological polar surface area (TPSA) is 96.7 Å². The molecule has 2 aliphatic rings. The zero-order chi connectivity index (χ0) is 22.6. The van der Waals surface area contributed by atoms with E-state index in [0.29, 0.717) is 18.6 Å². The van der Waals surface area contributed by atoms with E-state index in [1.165, 1.54) is 10.6 Å². The van der Waals surface area contributed by atoms with Gasteiger partial charge < -0.3 is 10.2 Å². The Labute approximate surface area is 188 Å². The minimum absolute atomic E-state index is 0.0312. The van der Waals surface area contributed by atoms with Gasteiger partial charge in [0.25, 0.3) is 11.5 Å². The van der Waals surface area contributed by atoms with Crippen LogP contribution in [-0.2, 0) is 10.2 Å². The summed E-state index contributed by atoms with van der Waals surface area (Å²) < 4.78 is 1.36. The van der Waals surface area contributed by atoms with Gasteiger partial charge in [-0.05, 0) is 41.8 Å². The Balaban J connectivity index is 1.52. The number of nitrogens with zero attached hydrogens (tertiary/aromatic N) is 4. The van der Waals surface area contributed by atoms with Gasteiger partial charge in [-0.25, -0.2) is 4.98 Å². The van der Waals surface area contributed by atoms with E-state index in [2.05, 4.69) is 15.3 Å². The van der Waals surface area contributed by atoms with Crippen LogP contribution in [0.25, 0.3) is 5.65 Å². The number of anilines is 1. The van der Waals surface area contributed by atoms with Crippen LogP contribution in [-0.4, -0.2) is 37.6 Å². The Morgan fingerprint density at radius 1 is 1.03 bits per heavy atom. The number of carbonyl (C=O) groups is 2. The van der Waals surface area contributed by atoms with Crippen molar-refractivity contribution in [3.63, 3.8) is 0 Å². The fraction of sp³-hybridized carbons (Fsp3) is 0.160. The van der Waals surface area contributed by atoms with E-state index < -0.39 is 22.9 Å². The lowest BCUT2D eigenvalue weighted by Crippen LogP contribution is -2.43. The van der Waals surface area contributed by atoms with E-state index >= 15 is 0 Å². The Morgan fingerprint density at radius 3 is 2.73 bits per heavy atom. The fourth-order valence-electron chi connectivity index (χ4n) is 5.23. The number of amides is 2. The van der Waals surface area contributed by atoms with Crippen LogP contribution in [0.5, 0.6) is 0 Å². The first-order valence-electron chi connectivity index (χ1n) is 10.7. The van der Waals surface area contributed by atoms with Crippen LogP contribution in [0.4, 0.5) is 5.69 Å². The number of hydrogen-bond acceptors (Lipinski definition) is 5. The zero-order valence-electron chi connectivity index (χ0n) is 17.5. The van der Waals surface area contributed by atoms with E-state index in [0.717, 1.165) is 16.8 Å². The van der Waals surface area contributed by atoms with Gasteiger partial charge in [0.05, 0.1) is 6.04 Å². The van der Waals surface area contributed by atoms with Crippen molar-refractivity contribution in [3.05, 3.63) is 106 Å². The van der Waals surface area contributed by atoms with Gasteiger partial charge in [0, 0.05) is 37.0 Å². The second-order valence-electron chi connectivity index (χ2n) is 8.31. The van der Waals surface area contributed by atoms with E-state index in [1.807, 2.05) is 30.3 Å². The van der Waals surface area contributed by atoms with Crippen LogP contribution in [0.1, 0.15) is 33.9 Å². The molecule has 33 heavy (non-hydrogen) atoms. The van der Waals surface area contributed by atoms with Crippen LogP contribution in [0.15, 0.2) is 84.2 Å². The maximum atomic E-state index is 13.8. The highest BCUT2D eigenvalue weighted by atomic mass is 16.2. The third-order valence-electron chi connectivity index (χ3n) is 6.69. The molecule has 1 saturated heterocycles. The van der Waals surface area contributed by atoms with Gasteiger partial charge in [-0.2, -0.15) is 0 Å². The van der Waals surface area contributed by atoms with Crippen molar-refractivity contribution in [3.8, 4) is 0 Å². The largest absolute Gasteiger partial charge is 0.330 e. The number of benzene rings is 1. The van der Waals surface area contributed by atoms with Gasteiger partial charge in [0.15, 0.2) is 0 Å². The predicted molar refractivity (Wildman–Crippen MR) is 121 cm³/mol. The van der Waals surface area contributed by atoms with Gasteiger partial charge >= 0.3 is 0 Å². The monoisotopic (exact) mass is 437 g/mol. The first-order valence-corrected chi connectivity index (χ1v) is 10.7. The van der Waals surface area contributed by atoms with Crippen molar-refractivity contribution in [1.29, 1.82) is 0 Å². The summed E-state index contributed by atoms with van der Waals surface area (Å²) in [5.41, 5.74) is 1.37. The summed E-state index contributed by atoms with van der Waals surface area (Å²) in [6, 6.07) is 15.8. The molecule has 1 aromatic carbocycles. The molecule has 4 aromatic rings. The highest BCUT2D eigenvalue weighted by Gasteiger charge is 2.59. The van der Waals surface area contributed by atoms with E-state index in [1.54, 1.807) is 47.8 Å². The Hall–Kier alpha value is -4.33. The third kappa shape index (κ3) is 2.67. The maximum absolute atomic E-state index is 13.8. The van der Waals surface area contributed by atoms with Crippen molar-refractivity contribution in [2.24, 2.45) is 0 Å². The summed E-state index contributed by atoms with van der Waals surface area (Å²) in [6.45, 7) is 0.317. The number of likely N-dealkylation sites (tertiary alicyclic amines) is 1. The second kappa shape index (κ2) is 7.09. The zero-order valence-corrected chi connectivity index (χ0v) is 17.5. The molecule has 1 fully saturated rings. The number of aromatic nitrogens is 3. The van der Waals surface area contributed by atoms with Gasteiger partial charge in [-0.15, -0.1) is 0 Å². The summed E-state index contributed by atoms with van der Waals surface area (Å²) in [7, 11) is 0. The minimum atomic E-state index is -0.963. The Morgan fingerprint density at radius 2 is 1.88 bits per heavy atom. The second-order valence-corrected chi connectivity index (χ2v) is 8.31. The normalized spacial score (nSPS) is 21.4. The molecule has 2 atom stereocenters. The maximum Gasteiger partial charge on any atom is 0.270 e. The molecule has 1 N–H and O–H groups in total. The molecule has 2 unspecified atom stereocenters. The summed E-state index contributed by atoms with van der Waals surface area (Å²) in [6.07, 6.45) is 6.68. The van der Waals surface area contributed by atoms with Gasteiger partial charge in [0.2, 0.25) is 5.91 Å². The molecule has 6 rings (SSSR count). The molecule has 2 amide bonds. The average molecular weight is 437 g/mol. The number of hydrogen-bond donors (Lipinski definition) is 1. The minimum Gasteiger partial charge on any atom is -0.330 e. The number of nitrogens with one attached hydrogen (secondary N) is 1. The van der Waals surface area contributed by atoms with Crippen LogP contribution in [0.2, 0.25) is 0 Å². The molecule has 1 spiro atoms. The number of rotatable bonds is 2. The molecule has 3 aromatic heterocycles. The Kier molecular flexibility index (Phi) is 4.16. The molecule has 0 bridgehead atoms. The quantitative estimate of drug-likeness (QED) is 0.520. The molecular weight excluding hydrogens is 418 g/mol. The van der Waals surface area contributed by atoms with Crippen molar-refractivity contribution in [2.45, 2.75) is 17.9 Å². The summed E-state index contributed by atoms with van der Waals surface area (Å²) in [4.78, 5) is 50.5. The molecule has 2 aliphatic heterocycles. The molecule has 8 nitrogen and oxygen atoms in total. The Bertz CT molecular complexity index is 1480. The number of pyridine rings is 2. The van der Waals surface area contributed by atoms with Crippen molar-refractivity contribution in [2.75, 3.05) is 11.9 Å². The van der Waals surface area contributed by atoms with Crippen molar-refractivity contribution in [1.82, 2.24) is 19.3 Å². The summed E-state index contributed by atoms with van der Waals surface area (Å²) in [5.74, 6) is -0.602. The lowest BCUT2D eigenvalue weighted by Gasteiger charge is -2.34. The molecule has 0 radical (unpaired) electrons. The number of carbonyl (C=O) groups excluding carboxylic acids is 2. The van der Waals surface area contributed by atoms with Crippen LogP contribution >= 0.6 is 0 Å². The first-order chi connectivity index (χ1) is 16.1. The molecule has 0 saturated carbocycles. The van der Waals surface area contributed by atoms with E-state index in [9.17, 15) is 14.4 Å². The average Bonchev–Trinajstić information content (AvgIpc) is 3.39. The number of fused-ring (bicyclic) bond motifs is 3. The standard InChI is InChI=1S/C25H19N5O3/c31-22-17(15-27-20-9-3-4-12-29(20)22)23(32)30-13-10-25(21(30)16-6-5-11-26-14-16)18-7-1-2-8-19(18)28-24(25)33/h1-9,11-12,14-15,21H,10,13H2,(H,28,33). The van der Waals surface area contributed by atoms with Crippen LogP contribution in [0.3, 0.4) is 0 Å². The van der Waals surface area contributed by atoms with E-state index in [4.69, 9.17) is 0 Å². The van der Waals surface area contributed by atoms with Crippen LogP contribution < -0.4 is 10.9 Å². The number of para-hydroxylation sites is 1. The lowest BCUT2D eigenvalue weighted by molar-refractivity contribution is -0.121. The van der Waals surface area contributed by atoms with Crippen molar-refractivity contribution >= 4 is 23.1 Å². The third-order valence-corrected chi connectivity index (χ3v) is 6.69. The van der Waals surface area contributed by atoms with Gasteiger partial charge in [0.1, 0.15) is 16.6 Å². The fourth-order valence-corrected chi connectivity index (χ4v) is 5.23. The van der Waals surface area contributed by atoms with E-state index in [-0.39, 0.29) is 11.5 Å². The SMILES string of the molecule is O=C(c1cnc2ccccn2c1=O)N1CCC2(C(=O)Nc3ccccc32)C1c1cccnc1. The summed E-state index contributed by atoms with van der Waals surface area (Å²) >= 11 is 0. The van der Waals surface area contributed by atoms with Gasteiger partial charge in [-0.1, -0.05) is 30.3 Å². The van der Waals surface area contributed by atoms with Crippen LogP contribution in [0, 0.1) is 0 Å². The molecule has 0 aliphatic carbocycles. The highest BCUT2D eigenvalue weighted by molar-refractivity contribution is 6.08. The molecule has 162 valence electrons.